The molecule has 0 spiro atoms. The van der Waals surface area contributed by atoms with Crippen molar-refractivity contribution in [1.82, 2.24) is 10.6 Å². The molecule has 33 heavy (non-hydrogen) atoms. The largest absolute Gasteiger partial charge is 0.463 e. The van der Waals surface area contributed by atoms with Crippen LogP contribution >= 0.6 is 0 Å². The molecule has 1 saturated carbocycles. The summed E-state index contributed by atoms with van der Waals surface area (Å²) < 4.78 is 10.5. The Labute approximate surface area is 198 Å². The minimum absolute atomic E-state index is 0.0348. The Hall–Kier alpha value is -2.19. The van der Waals surface area contributed by atoms with Crippen molar-refractivity contribution in [2.24, 2.45) is 11.8 Å². The van der Waals surface area contributed by atoms with Crippen LogP contribution in [-0.4, -0.2) is 61.9 Å². The van der Waals surface area contributed by atoms with E-state index in [9.17, 15) is 14.4 Å². The van der Waals surface area contributed by atoms with Crippen molar-refractivity contribution < 1.29 is 29.0 Å². The molecule has 1 rings (SSSR count). The van der Waals surface area contributed by atoms with Gasteiger partial charge in [-0.2, -0.15) is 0 Å². The van der Waals surface area contributed by atoms with Gasteiger partial charge in [-0.05, 0) is 25.2 Å². The van der Waals surface area contributed by atoms with Crippen LogP contribution in [0.5, 0.6) is 0 Å². The summed E-state index contributed by atoms with van der Waals surface area (Å²) in [6.45, 7) is 8.22. The summed E-state index contributed by atoms with van der Waals surface area (Å²) in [5.74, 6) is -0.834. The number of hydrogen-bond acceptors (Lipinski definition) is 6. The highest BCUT2D eigenvalue weighted by atomic mass is 16.5. The zero-order valence-electron chi connectivity index (χ0n) is 19.9. The first kappa shape index (κ1) is 28.8. The number of aliphatic hydroxyl groups excluding tert-OH is 1. The second-order valence-electron chi connectivity index (χ2n) is 8.57. The fraction of sp³-hybridized carbons (Fsp3) is 0.720. The molecule has 1 fully saturated rings. The molecule has 0 aromatic rings. The molecule has 188 valence electrons. The van der Waals surface area contributed by atoms with Gasteiger partial charge >= 0.3 is 5.97 Å². The van der Waals surface area contributed by atoms with Crippen LogP contribution in [0.4, 0.5) is 0 Å². The molecular weight excluding hydrogens is 424 g/mol. The zero-order valence-corrected chi connectivity index (χ0v) is 19.9. The summed E-state index contributed by atoms with van der Waals surface area (Å²) in [4.78, 5) is 37.2. The molecule has 0 saturated heterocycles. The quantitative estimate of drug-likeness (QED) is 0.163. The lowest BCUT2D eigenvalue weighted by atomic mass is 9.84. The maximum absolute atomic E-state index is 13.0. The van der Waals surface area contributed by atoms with Crippen LogP contribution in [0.3, 0.4) is 0 Å². The first-order chi connectivity index (χ1) is 16.0. The van der Waals surface area contributed by atoms with E-state index < -0.39 is 5.92 Å². The molecule has 8 heteroatoms. The molecule has 0 unspecified atom stereocenters. The van der Waals surface area contributed by atoms with E-state index >= 15 is 0 Å². The van der Waals surface area contributed by atoms with Gasteiger partial charge in [0.2, 0.25) is 11.8 Å². The molecule has 3 N–H and O–H groups in total. The number of carbonyl (C=O) groups is 3. The fourth-order valence-electron chi connectivity index (χ4n) is 4.01. The Morgan fingerprint density at radius 2 is 1.85 bits per heavy atom. The Morgan fingerprint density at radius 1 is 1.09 bits per heavy atom. The highest BCUT2D eigenvalue weighted by Gasteiger charge is 2.26. The van der Waals surface area contributed by atoms with E-state index in [0.717, 1.165) is 19.3 Å². The van der Waals surface area contributed by atoms with Gasteiger partial charge in [-0.25, -0.2) is 0 Å². The molecular formula is C25H42N2O6. The number of carbonyl (C=O) groups excluding carboxylic acids is 3. The average Bonchev–Trinajstić information content (AvgIpc) is 2.81. The van der Waals surface area contributed by atoms with Gasteiger partial charge in [0.15, 0.2) is 0 Å². The van der Waals surface area contributed by atoms with E-state index in [1.54, 1.807) is 12.2 Å². The normalized spacial score (nSPS) is 15.8. The van der Waals surface area contributed by atoms with Gasteiger partial charge < -0.3 is 25.2 Å². The van der Waals surface area contributed by atoms with Crippen LogP contribution in [-0.2, 0) is 23.9 Å². The fourth-order valence-corrected chi connectivity index (χ4v) is 4.01. The maximum atomic E-state index is 13.0. The molecule has 1 aliphatic carbocycles. The van der Waals surface area contributed by atoms with Gasteiger partial charge in [0.05, 0.1) is 31.8 Å². The van der Waals surface area contributed by atoms with E-state index in [-0.39, 0.29) is 56.5 Å². The SMILES string of the molecule is C=CCCC(=O)OC[C@H](CC1CCCCC1)NC(=O)[C@H](CC=C)CC(=O)NCCOCCO. The molecule has 0 aliphatic heterocycles. The highest BCUT2D eigenvalue weighted by Crippen LogP contribution is 2.27. The smallest absolute Gasteiger partial charge is 0.306 e. The topological polar surface area (TPSA) is 114 Å². The van der Waals surface area contributed by atoms with Crippen LogP contribution in [0.1, 0.15) is 64.2 Å². The Balaban J connectivity index is 2.63. The van der Waals surface area contributed by atoms with E-state index in [1.165, 1.54) is 19.3 Å². The molecule has 0 heterocycles. The standard InChI is InChI=1S/C25H42N2O6/c1-3-5-12-24(30)33-19-22(17-20-10-7-6-8-11-20)27-25(31)21(9-4-2)18-23(29)26-13-15-32-16-14-28/h3-4,20-22,28H,1-2,5-19H2,(H,26,29)(H,27,31)/t21-,22+/m1/s1. The maximum Gasteiger partial charge on any atom is 0.306 e. The van der Waals surface area contributed by atoms with Gasteiger partial charge in [-0.1, -0.05) is 44.3 Å². The first-order valence-electron chi connectivity index (χ1n) is 12.1. The molecule has 0 radical (unpaired) electrons. The second kappa shape index (κ2) is 18.3. The van der Waals surface area contributed by atoms with E-state index in [4.69, 9.17) is 14.6 Å². The average molecular weight is 467 g/mol. The molecule has 8 nitrogen and oxygen atoms in total. The predicted molar refractivity (Wildman–Crippen MR) is 127 cm³/mol. The summed E-state index contributed by atoms with van der Waals surface area (Å²) in [6, 6.07) is -0.282. The van der Waals surface area contributed by atoms with Crippen molar-refractivity contribution >= 4 is 17.8 Å². The number of aliphatic hydroxyl groups is 1. The second-order valence-corrected chi connectivity index (χ2v) is 8.57. The number of esters is 1. The predicted octanol–water partition coefficient (Wildman–Crippen LogP) is 2.66. The van der Waals surface area contributed by atoms with E-state index in [1.807, 2.05) is 0 Å². The lowest BCUT2D eigenvalue weighted by Gasteiger charge is -2.28. The van der Waals surface area contributed by atoms with Gasteiger partial charge in [-0.3, -0.25) is 14.4 Å². The number of hydrogen-bond donors (Lipinski definition) is 3. The molecule has 0 aromatic heterocycles. The molecule has 0 bridgehead atoms. The number of ether oxygens (including phenoxy) is 2. The number of amides is 2. The summed E-state index contributed by atoms with van der Waals surface area (Å²) in [5, 5.41) is 14.5. The number of allylic oxidation sites excluding steroid dienone is 2. The lowest BCUT2D eigenvalue weighted by molar-refractivity contribution is -0.145. The molecule has 2 atom stereocenters. The van der Waals surface area contributed by atoms with Crippen LogP contribution < -0.4 is 10.6 Å². The summed E-state index contributed by atoms with van der Waals surface area (Å²) in [5.41, 5.74) is 0. The van der Waals surface area contributed by atoms with Crippen molar-refractivity contribution in [3.05, 3.63) is 25.3 Å². The Morgan fingerprint density at radius 3 is 2.52 bits per heavy atom. The van der Waals surface area contributed by atoms with Gasteiger partial charge in [-0.15, -0.1) is 13.2 Å². The summed E-state index contributed by atoms with van der Waals surface area (Å²) in [6.07, 6.45) is 11.1. The Kier molecular flexibility index (Phi) is 16.0. The van der Waals surface area contributed by atoms with Gasteiger partial charge in [0, 0.05) is 19.4 Å². The van der Waals surface area contributed by atoms with Crippen molar-refractivity contribution in [3.63, 3.8) is 0 Å². The number of rotatable bonds is 18. The van der Waals surface area contributed by atoms with Gasteiger partial charge in [0.25, 0.3) is 0 Å². The van der Waals surface area contributed by atoms with Crippen molar-refractivity contribution in [1.29, 1.82) is 0 Å². The molecule has 1 aliphatic rings. The van der Waals surface area contributed by atoms with Crippen LogP contribution in [0.25, 0.3) is 0 Å². The number of nitrogens with one attached hydrogen (secondary N) is 2. The minimum Gasteiger partial charge on any atom is -0.463 e. The summed E-state index contributed by atoms with van der Waals surface area (Å²) >= 11 is 0. The minimum atomic E-state index is -0.550. The van der Waals surface area contributed by atoms with Crippen molar-refractivity contribution in [2.45, 2.75) is 70.3 Å². The summed E-state index contributed by atoms with van der Waals surface area (Å²) in [7, 11) is 0. The third kappa shape index (κ3) is 13.8. The van der Waals surface area contributed by atoms with E-state index in [0.29, 0.717) is 31.9 Å². The third-order valence-corrected chi connectivity index (χ3v) is 5.75. The third-order valence-electron chi connectivity index (χ3n) is 5.75. The molecule has 0 aromatic carbocycles. The van der Waals surface area contributed by atoms with Crippen LogP contribution in [0.2, 0.25) is 0 Å². The van der Waals surface area contributed by atoms with Crippen LogP contribution in [0.15, 0.2) is 25.3 Å². The zero-order chi connectivity index (χ0) is 24.3. The monoisotopic (exact) mass is 466 g/mol. The van der Waals surface area contributed by atoms with Gasteiger partial charge in [0.1, 0.15) is 6.61 Å². The van der Waals surface area contributed by atoms with E-state index in [2.05, 4.69) is 23.8 Å². The highest BCUT2D eigenvalue weighted by molar-refractivity contribution is 5.86. The molecule has 2 amide bonds. The first-order valence-corrected chi connectivity index (χ1v) is 12.1. The van der Waals surface area contributed by atoms with Crippen molar-refractivity contribution in [3.8, 4) is 0 Å². The van der Waals surface area contributed by atoms with Crippen molar-refractivity contribution in [2.75, 3.05) is 33.0 Å². The van der Waals surface area contributed by atoms with Crippen LogP contribution in [0, 0.1) is 11.8 Å². The lowest BCUT2D eigenvalue weighted by Crippen LogP contribution is -2.44. The Bertz CT molecular complexity index is 604.